The average Bonchev–Trinajstić information content (AvgIpc) is 2.68. The van der Waals surface area contributed by atoms with E-state index in [9.17, 15) is 9.59 Å². The minimum absolute atomic E-state index is 0.183. The first-order chi connectivity index (χ1) is 9.83. The zero-order chi connectivity index (χ0) is 15.4. The van der Waals surface area contributed by atoms with Crippen molar-refractivity contribution in [1.82, 2.24) is 0 Å². The summed E-state index contributed by atoms with van der Waals surface area (Å²) in [5, 5.41) is 0. The summed E-state index contributed by atoms with van der Waals surface area (Å²) >= 11 is 0. The van der Waals surface area contributed by atoms with E-state index in [1.807, 2.05) is 19.1 Å². The first kappa shape index (κ1) is 13.9. The van der Waals surface area contributed by atoms with E-state index < -0.39 is 0 Å². The second kappa shape index (κ2) is 4.45. The predicted molar refractivity (Wildman–Crippen MR) is 76.8 cm³/mol. The van der Waals surface area contributed by atoms with Crippen LogP contribution in [0.4, 0.5) is 0 Å². The van der Waals surface area contributed by atoms with Crippen molar-refractivity contribution in [2.45, 2.75) is 40.5 Å². The average molecular weight is 286 g/mol. The number of esters is 2. The normalized spacial score (nSPS) is 27.7. The van der Waals surface area contributed by atoms with Crippen molar-refractivity contribution in [3.63, 3.8) is 0 Å². The van der Waals surface area contributed by atoms with Gasteiger partial charge in [0.15, 0.2) is 0 Å². The maximum absolute atomic E-state index is 11.9. The molecule has 0 aromatic rings. The van der Waals surface area contributed by atoms with E-state index in [4.69, 9.17) is 9.47 Å². The third-order valence-corrected chi connectivity index (χ3v) is 4.52. The molecule has 0 unspecified atom stereocenters. The molecule has 0 bridgehead atoms. The Hall–Kier alpha value is -2.10. The van der Waals surface area contributed by atoms with Gasteiger partial charge in [0.1, 0.15) is 11.5 Å². The zero-order valence-corrected chi connectivity index (χ0v) is 12.7. The molecule has 110 valence electrons. The van der Waals surface area contributed by atoms with E-state index in [0.29, 0.717) is 17.1 Å². The van der Waals surface area contributed by atoms with Gasteiger partial charge >= 0.3 is 11.9 Å². The molecule has 1 heterocycles. The summed E-state index contributed by atoms with van der Waals surface area (Å²) in [5.74, 6) is 0.574. The van der Waals surface area contributed by atoms with Crippen LogP contribution in [-0.2, 0) is 19.1 Å². The topological polar surface area (TPSA) is 52.6 Å². The lowest BCUT2D eigenvalue weighted by atomic mass is 9.67. The summed E-state index contributed by atoms with van der Waals surface area (Å²) in [7, 11) is 0. The van der Waals surface area contributed by atoms with Crippen molar-refractivity contribution in [1.29, 1.82) is 0 Å². The number of hydrogen-bond donors (Lipinski definition) is 0. The summed E-state index contributed by atoms with van der Waals surface area (Å²) in [5.41, 5.74) is 3.33. The number of hydrogen-bond acceptors (Lipinski definition) is 4. The van der Waals surface area contributed by atoms with E-state index in [-0.39, 0.29) is 17.4 Å². The fourth-order valence-electron chi connectivity index (χ4n) is 3.33. The Labute approximate surface area is 123 Å². The van der Waals surface area contributed by atoms with Crippen LogP contribution in [0.3, 0.4) is 0 Å². The highest BCUT2D eigenvalue weighted by Gasteiger charge is 2.43. The summed E-state index contributed by atoms with van der Waals surface area (Å²) in [6.45, 7) is 7.22. The van der Waals surface area contributed by atoms with Gasteiger partial charge in [-0.05, 0) is 38.3 Å². The van der Waals surface area contributed by atoms with Gasteiger partial charge in [0, 0.05) is 29.1 Å². The third kappa shape index (κ3) is 1.97. The molecule has 0 aromatic carbocycles. The number of allylic oxidation sites excluding steroid dienone is 5. The fraction of sp³-hybridized carbons (Fsp3) is 0.412. The van der Waals surface area contributed by atoms with E-state index in [1.165, 1.54) is 6.92 Å². The zero-order valence-electron chi connectivity index (χ0n) is 12.7. The molecule has 1 atom stereocenters. The predicted octanol–water partition coefficient (Wildman–Crippen LogP) is 3.32. The van der Waals surface area contributed by atoms with Crippen LogP contribution in [0, 0.1) is 5.41 Å². The molecule has 0 saturated heterocycles. The SMILES string of the molecule is CC(=O)OC1=C(C)C2=C3OC(=O)C(C)=C3CC[C@@]2(C)C=C1. The molecule has 2 aliphatic carbocycles. The Morgan fingerprint density at radius 1 is 1.33 bits per heavy atom. The fourth-order valence-corrected chi connectivity index (χ4v) is 3.33. The highest BCUT2D eigenvalue weighted by molar-refractivity contribution is 5.94. The van der Waals surface area contributed by atoms with Gasteiger partial charge in [-0.25, -0.2) is 4.79 Å². The van der Waals surface area contributed by atoms with Gasteiger partial charge in [0.25, 0.3) is 0 Å². The van der Waals surface area contributed by atoms with Crippen LogP contribution in [0.15, 0.2) is 46.0 Å². The van der Waals surface area contributed by atoms with Gasteiger partial charge in [-0.1, -0.05) is 13.0 Å². The van der Waals surface area contributed by atoms with Gasteiger partial charge < -0.3 is 9.47 Å². The minimum Gasteiger partial charge on any atom is -0.426 e. The van der Waals surface area contributed by atoms with E-state index in [0.717, 1.165) is 29.6 Å². The standard InChI is InChI=1S/C17H18O4/c1-9-12-5-7-17(4)8-6-13(20-11(3)18)10(2)14(17)15(12)21-16(9)19/h6,8H,5,7H2,1-4H3/t17-/m0/s1. The molecule has 0 aromatic heterocycles. The number of rotatable bonds is 1. The largest absolute Gasteiger partial charge is 0.426 e. The molecule has 0 amide bonds. The maximum Gasteiger partial charge on any atom is 0.339 e. The Kier molecular flexibility index (Phi) is 2.94. The Morgan fingerprint density at radius 3 is 2.71 bits per heavy atom. The van der Waals surface area contributed by atoms with Crippen LogP contribution in [0.1, 0.15) is 40.5 Å². The minimum atomic E-state index is -0.352. The van der Waals surface area contributed by atoms with Gasteiger partial charge in [-0.2, -0.15) is 0 Å². The molecule has 4 nitrogen and oxygen atoms in total. The van der Waals surface area contributed by atoms with Crippen LogP contribution in [-0.4, -0.2) is 11.9 Å². The molecule has 3 aliphatic rings. The molecule has 0 radical (unpaired) electrons. The Balaban J connectivity index is 2.20. The number of fused-ring (bicyclic) bond motifs is 2. The molecular weight excluding hydrogens is 268 g/mol. The van der Waals surface area contributed by atoms with Crippen molar-refractivity contribution >= 4 is 11.9 Å². The second-order valence-electron chi connectivity index (χ2n) is 6.03. The molecule has 0 fully saturated rings. The van der Waals surface area contributed by atoms with Crippen molar-refractivity contribution in [2.75, 3.05) is 0 Å². The van der Waals surface area contributed by atoms with Crippen molar-refractivity contribution in [2.24, 2.45) is 5.41 Å². The molecule has 21 heavy (non-hydrogen) atoms. The lowest BCUT2D eigenvalue weighted by Crippen LogP contribution is -2.27. The van der Waals surface area contributed by atoms with Crippen molar-refractivity contribution in [3.05, 3.63) is 46.0 Å². The molecule has 3 rings (SSSR count). The second-order valence-corrected chi connectivity index (χ2v) is 6.03. The monoisotopic (exact) mass is 286 g/mol. The molecule has 1 aliphatic heterocycles. The first-order valence-electron chi connectivity index (χ1n) is 7.09. The van der Waals surface area contributed by atoms with Crippen LogP contribution in [0.5, 0.6) is 0 Å². The van der Waals surface area contributed by atoms with Crippen LogP contribution >= 0.6 is 0 Å². The van der Waals surface area contributed by atoms with Crippen molar-refractivity contribution in [3.8, 4) is 0 Å². The highest BCUT2D eigenvalue weighted by atomic mass is 16.5. The molecular formula is C17H18O4. The van der Waals surface area contributed by atoms with Gasteiger partial charge in [-0.3, -0.25) is 4.79 Å². The summed E-state index contributed by atoms with van der Waals surface area (Å²) in [6, 6.07) is 0. The van der Waals surface area contributed by atoms with Gasteiger partial charge in [-0.15, -0.1) is 0 Å². The summed E-state index contributed by atoms with van der Waals surface area (Å²) in [6.07, 6.45) is 5.63. The highest BCUT2D eigenvalue weighted by Crippen LogP contribution is 2.52. The quantitative estimate of drug-likeness (QED) is 0.694. The van der Waals surface area contributed by atoms with Crippen LogP contribution in [0.25, 0.3) is 0 Å². The maximum atomic E-state index is 11.9. The Morgan fingerprint density at radius 2 is 2.05 bits per heavy atom. The van der Waals surface area contributed by atoms with Crippen LogP contribution in [0.2, 0.25) is 0 Å². The van der Waals surface area contributed by atoms with E-state index in [1.54, 1.807) is 6.92 Å². The summed E-state index contributed by atoms with van der Waals surface area (Å²) < 4.78 is 10.8. The third-order valence-electron chi connectivity index (χ3n) is 4.52. The number of carbonyl (C=O) groups excluding carboxylic acids is 2. The molecule has 0 spiro atoms. The molecule has 0 N–H and O–H groups in total. The van der Waals surface area contributed by atoms with E-state index in [2.05, 4.69) is 6.92 Å². The Bertz CT molecular complexity index is 688. The number of ether oxygens (including phenoxy) is 2. The summed E-state index contributed by atoms with van der Waals surface area (Å²) in [4.78, 5) is 23.1. The lowest BCUT2D eigenvalue weighted by molar-refractivity contribution is -0.136. The van der Waals surface area contributed by atoms with E-state index >= 15 is 0 Å². The van der Waals surface area contributed by atoms with Gasteiger partial charge in [0.05, 0.1) is 0 Å². The molecule has 4 heteroatoms. The lowest BCUT2D eigenvalue weighted by Gasteiger charge is -2.38. The van der Waals surface area contributed by atoms with Crippen molar-refractivity contribution < 1.29 is 19.1 Å². The number of carbonyl (C=O) groups is 2. The molecule has 0 saturated carbocycles. The first-order valence-corrected chi connectivity index (χ1v) is 7.09. The van der Waals surface area contributed by atoms with Crippen LogP contribution < -0.4 is 0 Å². The van der Waals surface area contributed by atoms with Gasteiger partial charge in [0.2, 0.25) is 0 Å². The smallest absolute Gasteiger partial charge is 0.339 e.